The maximum atomic E-state index is 13.4. The Labute approximate surface area is 127 Å². The molecule has 0 amide bonds. The maximum Gasteiger partial charge on any atom is 0.191 e. The molecule has 0 fully saturated rings. The number of benzene rings is 1. The first-order valence-corrected chi connectivity index (χ1v) is 7.78. The van der Waals surface area contributed by atoms with Gasteiger partial charge in [0.05, 0.1) is 6.61 Å². The fraction of sp³-hybridized carbons (Fsp3) is 0.429. The Hall–Kier alpha value is -1.60. The minimum absolute atomic E-state index is 0.126. The van der Waals surface area contributed by atoms with Crippen LogP contribution < -0.4 is 4.74 Å². The van der Waals surface area contributed by atoms with Crippen LogP contribution in [0.25, 0.3) is 0 Å². The van der Waals surface area contributed by atoms with Crippen molar-refractivity contribution in [3.63, 3.8) is 0 Å². The monoisotopic (exact) mass is 311 g/mol. The zero-order valence-corrected chi connectivity index (χ0v) is 12.6. The van der Waals surface area contributed by atoms with Gasteiger partial charge in [-0.1, -0.05) is 30.8 Å². The second-order valence-electron chi connectivity index (χ2n) is 4.34. The lowest BCUT2D eigenvalue weighted by atomic mass is 10.3. The topological polar surface area (TPSA) is 60.2 Å². The molecule has 114 valence electrons. The Kier molecular flexibility index (Phi) is 6.01. The highest BCUT2D eigenvalue weighted by Crippen LogP contribution is 2.19. The summed E-state index contributed by atoms with van der Waals surface area (Å²) in [6.45, 7) is 3.06. The van der Waals surface area contributed by atoms with E-state index in [-0.39, 0.29) is 18.2 Å². The summed E-state index contributed by atoms with van der Waals surface area (Å²) >= 11 is 1.48. The molecule has 0 saturated heterocycles. The van der Waals surface area contributed by atoms with E-state index in [1.807, 2.05) is 4.57 Å². The van der Waals surface area contributed by atoms with Crippen LogP contribution in [0.15, 0.2) is 29.4 Å². The standard InChI is InChI=1S/C14H18FN3O2S/c1-2-7-18-13(10-19)16-17-14(18)21-9-8-20-12-6-4-3-5-11(12)15/h3-6,19H,2,7-10H2,1H3. The molecule has 0 bridgehead atoms. The quantitative estimate of drug-likeness (QED) is 0.599. The van der Waals surface area contributed by atoms with Crippen LogP contribution in [-0.2, 0) is 13.2 Å². The van der Waals surface area contributed by atoms with E-state index in [1.165, 1.54) is 17.8 Å². The number of rotatable bonds is 8. The van der Waals surface area contributed by atoms with Gasteiger partial charge in [0.15, 0.2) is 22.5 Å². The van der Waals surface area contributed by atoms with Gasteiger partial charge in [0.25, 0.3) is 0 Å². The van der Waals surface area contributed by atoms with Gasteiger partial charge in [-0.15, -0.1) is 10.2 Å². The molecule has 2 rings (SSSR count). The highest BCUT2D eigenvalue weighted by atomic mass is 32.2. The molecule has 0 aliphatic rings. The zero-order chi connectivity index (χ0) is 15.1. The van der Waals surface area contributed by atoms with Crippen molar-refractivity contribution >= 4 is 11.8 Å². The van der Waals surface area contributed by atoms with Crippen LogP contribution in [0.4, 0.5) is 4.39 Å². The molecule has 0 radical (unpaired) electrons. The first-order valence-electron chi connectivity index (χ1n) is 6.79. The first-order chi connectivity index (χ1) is 10.3. The van der Waals surface area contributed by atoms with E-state index < -0.39 is 0 Å². The SMILES string of the molecule is CCCn1c(CO)nnc1SCCOc1ccccc1F. The number of aromatic nitrogens is 3. The van der Waals surface area contributed by atoms with Crippen LogP contribution in [-0.4, -0.2) is 32.2 Å². The highest BCUT2D eigenvalue weighted by molar-refractivity contribution is 7.99. The minimum Gasteiger partial charge on any atom is -0.490 e. The third-order valence-electron chi connectivity index (χ3n) is 2.79. The molecule has 7 heteroatoms. The van der Waals surface area contributed by atoms with Crippen molar-refractivity contribution in [2.45, 2.75) is 31.7 Å². The van der Waals surface area contributed by atoms with Gasteiger partial charge in [0.1, 0.15) is 6.61 Å². The molecule has 0 saturated carbocycles. The molecular formula is C14H18FN3O2S. The van der Waals surface area contributed by atoms with E-state index in [1.54, 1.807) is 18.2 Å². The summed E-state index contributed by atoms with van der Waals surface area (Å²) < 4.78 is 20.7. The molecule has 0 spiro atoms. The molecule has 0 aliphatic heterocycles. The van der Waals surface area contributed by atoms with Crippen molar-refractivity contribution in [2.75, 3.05) is 12.4 Å². The number of ether oxygens (including phenoxy) is 1. The number of hydrogen-bond donors (Lipinski definition) is 1. The second kappa shape index (κ2) is 7.99. The van der Waals surface area contributed by atoms with Crippen LogP contribution in [0.5, 0.6) is 5.75 Å². The summed E-state index contributed by atoms with van der Waals surface area (Å²) in [7, 11) is 0. The number of aliphatic hydroxyl groups excluding tert-OH is 1. The lowest BCUT2D eigenvalue weighted by Crippen LogP contribution is -2.06. The molecule has 0 atom stereocenters. The van der Waals surface area contributed by atoms with Crippen LogP contribution in [0.3, 0.4) is 0 Å². The number of para-hydroxylation sites is 1. The lowest BCUT2D eigenvalue weighted by molar-refractivity contribution is 0.263. The van der Waals surface area contributed by atoms with E-state index in [0.717, 1.165) is 18.1 Å². The van der Waals surface area contributed by atoms with Gasteiger partial charge >= 0.3 is 0 Å². The van der Waals surface area contributed by atoms with E-state index in [2.05, 4.69) is 17.1 Å². The van der Waals surface area contributed by atoms with E-state index >= 15 is 0 Å². The van der Waals surface area contributed by atoms with Gasteiger partial charge in [-0.25, -0.2) is 4.39 Å². The van der Waals surface area contributed by atoms with Crippen molar-refractivity contribution in [2.24, 2.45) is 0 Å². The molecule has 1 N–H and O–H groups in total. The Morgan fingerprint density at radius 1 is 1.33 bits per heavy atom. The molecule has 2 aromatic rings. The molecule has 1 heterocycles. The van der Waals surface area contributed by atoms with Gasteiger partial charge in [0, 0.05) is 12.3 Å². The second-order valence-corrected chi connectivity index (χ2v) is 5.40. The van der Waals surface area contributed by atoms with Gasteiger partial charge < -0.3 is 14.4 Å². The number of thioether (sulfide) groups is 1. The summed E-state index contributed by atoms with van der Waals surface area (Å²) in [5.41, 5.74) is 0. The van der Waals surface area contributed by atoms with Gasteiger partial charge in [-0.3, -0.25) is 0 Å². The largest absolute Gasteiger partial charge is 0.490 e. The number of nitrogens with zero attached hydrogens (tertiary/aromatic N) is 3. The summed E-state index contributed by atoms with van der Waals surface area (Å²) in [4.78, 5) is 0. The first kappa shape index (κ1) is 15.8. The average molecular weight is 311 g/mol. The Bertz CT molecular complexity index is 577. The predicted molar refractivity (Wildman–Crippen MR) is 78.9 cm³/mol. The minimum atomic E-state index is -0.362. The highest BCUT2D eigenvalue weighted by Gasteiger charge is 2.11. The summed E-state index contributed by atoms with van der Waals surface area (Å²) in [6, 6.07) is 6.33. The fourth-order valence-corrected chi connectivity index (χ4v) is 2.64. The summed E-state index contributed by atoms with van der Waals surface area (Å²) in [5, 5.41) is 18.0. The third kappa shape index (κ3) is 4.18. The third-order valence-corrected chi connectivity index (χ3v) is 3.72. The van der Waals surface area contributed by atoms with Crippen LogP contribution >= 0.6 is 11.8 Å². The van der Waals surface area contributed by atoms with Crippen molar-refractivity contribution in [3.05, 3.63) is 35.9 Å². The van der Waals surface area contributed by atoms with Crippen LogP contribution in [0.1, 0.15) is 19.2 Å². The number of hydrogen-bond acceptors (Lipinski definition) is 5. The Balaban J connectivity index is 1.86. The normalized spacial score (nSPS) is 10.8. The van der Waals surface area contributed by atoms with Crippen molar-refractivity contribution in [3.8, 4) is 5.75 Å². The average Bonchev–Trinajstić information content (AvgIpc) is 2.88. The number of aliphatic hydroxyl groups is 1. The van der Waals surface area contributed by atoms with Crippen molar-refractivity contribution in [1.82, 2.24) is 14.8 Å². The van der Waals surface area contributed by atoms with Gasteiger partial charge in [-0.2, -0.15) is 0 Å². The van der Waals surface area contributed by atoms with Gasteiger partial charge in [-0.05, 0) is 18.6 Å². The van der Waals surface area contributed by atoms with Crippen LogP contribution in [0.2, 0.25) is 0 Å². The fourth-order valence-electron chi connectivity index (χ4n) is 1.84. The predicted octanol–water partition coefficient (Wildman–Crippen LogP) is 2.49. The van der Waals surface area contributed by atoms with E-state index in [0.29, 0.717) is 18.2 Å². The van der Waals surface area contributed by atoms with E-state index in [4.69, 9.17) is 4.74 Å². The Morgan fingerprint density at radius 2 is 2.14 bits per heavy atom. The maximum absolute atomic E-state index is 13.4. The molecule has 1 aromatic heterocycles. The number of halogens is 1. The molecule has 21 heavy (non-hydrogen) atoms. The smallest absolute Gasteiger partial charge is 0.191 e. The molecular weight excluding hydrogens is 293 g/mol. The molecule has 0 aliphatic carbocycles. The van der Waals surface area contributed by atoms with Gasteiger partial charge in [0.2, 0.25) is 0 Å². The zero-order valence-electron chi connectivity index (χ0n) is 11.8. The molecule has 0 unspecified atom stereocenters. The summed E-state index contributed by atoms with van der Waals surface area (Å²) in [5.74, 6) is 1.08. The summed E-state index contributed by atoms with van der Waals surface area (Å²) in [6.07, 6.45) is 0.935. The lowest BCUT2D eigenvalue weighted by Gasteiger charge is -2.08. The van der Waals surface area contributed by atoms with Crippen LogP contribution in [0, 0.1) is 5.82 Å². The molecule has 5 nitrogen and oxygen atoms in total. The van der Waals surface area contributed by atoms with Crippen molar-refractivity contribution < 1.29 is 14.2 Å². The Morgan fingerprint density at radius 3 is 2.86 bits per heavy atom. The molecule has 1 aromatic carbocycles. The van der Waals surface area contributed by atoms with E-state index in [9.17, 15) is 9.50 Å². The van der Waals surface area contributed by atoms with Crippen molar-refractivity contribution in [1.29, 1.82) is 0 Å².